The Labute approximate surface area is 119 Å². The van der Waals surface area contributed by atoms with Gasteiger partial charge in [0.15, 0.2) is 0 Å². The van der Waals surface area contributed by atoms with Crippen LogP contribution in [0.2, 0.25) is 0 Å². The normalized spacial score (nSPS) is 10.8. The minimum Gasteiger partial charge on any atom is -0.258 e. The standard InChI is InChI=1S/C14H11BrN2O2/c1-10-4-2-3-5-13(10)16-9-11-6-7-12(15)14(8-11)17(18)19/h2-9H,1H3. The van der Waals surface area contributed by atoms with E-state index in [1.54, 1.807) is 18.3 Å². The molecule has 4 nitrogen and oxygen atoms in total. The Morgan fingerprint density at radius 1 is 1.26 bits per heavy atom. The lowest BCUT2D eigenvalue weighted by molar-refractivity contribution is -0.385. The molecule has 0 fully saturated rings. The Morgan fingerprint density at radius 2 is 2.00 bits per heavy atom. The third-order valence-corrected chi connectivity index (χ3v) is 3.31. The van der Waals surface area contributed by atoms with E-state index in [0.29, 0.717) is 10.0 Å². The molecule has 0 saturated heterocycles. The molecule has 0 aliphatic heterocycles. The summed E-state index contributed by atoms with van der Waals surface area (Å²) < 4.78 is 0.463. The molecule has 96 valence electrons. The number of nitro benzene ring substituents is 1. The van der Waals surface area contributed by atoms with Crippen molar-refractivity contribution in [3.8, 4) is 0 Å². The molecule has 0 aromatic heterocycles. The van der Waals surface area contributed by atoms with E-state index in [9.17, 15) is 10.1 Å². The first kappa shape index (κ1) is 13.4. The molecule has 2 aromatic carbocycles. The number of halogens is 1. The van der Waals surface area contributed by atoms with Gasteiger partial charge in [-0.3, -0.25) is 15.1 Å². The van der Waals surface area contributed by atoms with Crippen molar-refractivity contribution in [2.45, 2.75) is 6.92 Å². The molecule has 2 rings (SSSR count). The van der Waals surface area contributed by atoms with Crippen molar-refractivity contribution in [1.29, 1.82) is 0 Å². The zero-order valence-electron chi connectivity index (χ0n) is 10.2. The number of rotatable bonds is 3. The van der Waals surface area contributed by atoms with E-state index in [0.717, 1.165) is 11.3 Å². The van der Waals surface area contributed by atoms with E-state index in [4.69, 9.17) is 0 Å². The van der Waals surface area contributed by atoms with Crippen LogP contribution >= 0.6 is 15.9 Å². The number of nitro groups is 1. The number of para-hydroxylation sites is 1. The van der Waals surface area contributed by atoms with Gasteiger partial charge in [0, 0.05) is 12.3 Å². The molecule has 0 atom stereocenters. The Morgan fingerprint density at radius 3 is 2.68 bits per heavy atom. The number of aliphatic imine (C=N–C) groups is 1. The van der Waals surface area contributed by atoms with Gasteiger partial charge >= 0.3 is 0 Å². The lowest BCUT2D eigenvalue weighted by Gasteiger charge is -1.99. The maximum atomic E-state index is 10.8. The molecule has 0 unspecified atom stereocenters. The van der Waals surface area contributed by atoms with Crippen LogP contribution < -0.4 is 0 Å². The maximum absolute atomic E-state index is 10.8. The van der Waals surface area contributed by atoms with E-state index in [-0.39, 0.29) is 5.69 Å². The molecule has 0 heterocycles. The predicted molar refractivity (Wildman–Crippen MR) is 79.2 cm³/mol. The average molecular weight is 319 g/mol. The lowest BCUT2D eigenvalue weighted by atomic mass is 10.2. The van der Waals surface area contributed by atoms with Crippen LogP contribution in [0.25, 0.3) is 0 Å². The minimum atomic E-state index is -0.421. The summed E-state index contributed by atoms with van der Waals surface area (Å²) in [4.78, 5) is 14.8. The van der Waals surface area contributed by atoms with Crippen molar-refractivity contribution in [3.05, 3.63) is 68.2 Å². The summed E-state index contributed by atoms with van der Waals surface area (Å²) in [5, 5.41) is 10.8. The largest absolute Gasteiger partial charge is 0.284 e. The smallest absolute Gasteiger partial charge is 0.258 e. The molecule has 0 N–H and O–H groups in total. The third kappa shape index (κ3) is 3.26. The molecule has 0 radical (unpaired) electrons. The summed E-state index contributed by atoms with van der Waals surface area (Å²) in [5.41, 5.74) is 2.64. The summed E-state index contributed by atoms with van der Waals surface area (Å²) in [6, 6.07) is 12.6. The van der Waals surface area contributed by atoms with Crippen molar-refractivity contribution in [3.63, 3.8) is 0 Å². The molecule has 5 heteroatoms. The van der Waals surface area contributed by atoms with Crippen LogP contribution in [0.15, 0.2) is 51.9 Å². The van der Waals surface area contributed by atoms with Gasteiger partial charge < -0.3 is 0 Å². The first-order valence-corrected chi connectivity index (χ1v) is 6.41. The summed E-state index contributed by atoms with van der Waals surface area (Å²) in [5.74, 6) is 0. The van der Waals surface area contributed by atoms with Gasteiger partial charge in [0.1, 0.15) is 0 Å². The maximum Gasteiger partial charge on any atom is 0.284 e. The Bertz CT molecular complexity index is 654. The predicted octanol–water partition coefficient (Wildman–Crippen LogP) is 4.42. The highest BCUT2D eigenvalue weighted by molar-refractivity contribution is 9.10. The second kappa shape index (κ2) is 5.75. The number of hydrogen-bond donors (Lipinski definition) is 0. The molecular formula is C14H11BrN2O2. The second-order valence-corrected chi connectivity index (χ2v) is 4.87. The second-order valence-electron chi connectivity index (χ2n) is 4.01. The van der Waals surface area contributed by atoms with Crippen molar-refractivity contribution in [1.82, 2.24) is 0 Å². The van der Waals surface area contributed by atoms with Crippen LogP contribution in [-0.4, -0.2) is 11.1 Å². The SMILES string of the molecule is Cc1ccccc1N=Cc1ccc(Br)c([N+](=O)[O-])c1. The van der Waals surface area contributed by atoms with Gasteiger partial charge in [-0.05, 0) is 46.1 Å². The van der Waals surface area contributed by atoms with Gasteiger partial charge in [-0.15, -0.1) is 0 Å². The first-order chi connectivity index (χ1) is 9.08. The highest BCUT2D eigenvalue weighted by atomic mass is 79.9. The van der Waals surface area contributed by atoms with Crippen LogP contribution in [-0.2, 0) is 0 Å². The van der Waals surface area contributed by atoms with Gasteiger partial charge in [-0.1, -0.05) is 24.3 Å². The van der Waals surface area contributed by atoms with Crippen LogP contribution in [0.5, 0.6) is 0 Å². The lowest BCUT2D eigenvalue weighted by Crippen LogP contribution is -1.91. The quantitative estimate of drug-likeness (QED) is 0.478. The van der Waals surface area contributed by atoms with Gasteiger partial charge in [-0.2, -0.15) is 0 Å². The number of hydrogen-bond acceptors (Lipinski definition) is 3. The van der Waals surface area contributed by atoms with E-state index < -0.39 is 4.92 Å². The fourth-order valence-corrected chi connectivity index (χ4v) is 1.99. The fourth-order valence-electron chi connectivity index (χ4n) is 1.60. The summed E-state index contributed by atoms with van der Waals surface area (Å²) in [6.07, 6.45) is 1.63. The summed E-state index contributed by atoms with van der Waals surface area (Å²) in [6.45, 7) is 1.97. The number of aryl methyl sites for hydroxylation is 1. The summed E-state index contributed by atoms with van der Waals surface area (Å²) >= 11 is 3.15. The van der Waals surface area contributed by atoms with Crippen LogP contribution in [0.3, 0.4) is 0 Å². The van der Waals surface area contributed by atoms with Gasteiger partial charge in [0.25, 0.3) is 5.69 Å². The van der Waals surface area contributed by atoms with Crippen molar-refractivity contribution < 1.29 is 4.92 Å². The van der Waals surface area contributed by atoms with E-state index in [2.05, 4.69) is 20.9 Å². The van der Waals surface area contributed by atoms with Crippen molar-refractivity contribution >= 4 is 33.5 Å². The molecule has 19 heavy (non-hydrogen) atoms. The number of nitrogens with zero attached hydrogens (tertiary/aromatic N) is 2. The van der Waals surface area contributed by atoms with E-state index >= 15 is 0 Å². The molecule has 0 aliphatic rings. The van der Waals surface area contributed by atoms with Crippen LogP contribution in [0.1, 0.15) is 11.1 Å². The van der Waals surface area contributed by atoms with E-state index in [1.165, 1.54) is 6.07 Å². The zero-order valence-corrected chi connectivity index (χ0v) is 11.8. The Hall–Kier alpha value is -2.01. The zero-order chi connectivity index (χ0) is 13.8. The molecular weight excluding hydrogens is 308 g/mol. The third-order valence-electron chi connectivity index (χ3n) is 2.64. The topological polar surface area (TPSA) is 55.5 Å². The van der Waals surface area contributed by atoms with Crippen LogP contribution in [0, 0.1) is 17.0 Å². The Kier molecular flexibility index (Phi) is 4.06. The monoisotopic (exact) mass is 318 g/mol. The minimum absolute atomic E-state index is 0.0359. The molecule has 0 bridgehead atoms. The van der Waals surface area contributed by atoms with Gasteiger partial charge in [0.05, 0.1) is 15.1 Å². The van der Waals surface area contributed by atoms with Crippen molar-refractivity contribution in [2.75, 3.05) is 0 Å². The molecule has 0 amide bonds. The Balaban J connectivity index is 2.32. The molecule has 2 aromatic rings. The average Bonchev–Trinajstić information content (AvgIpc) is 2.39. The van der Waals surface area contributed by atoms with Gasteiger partial charge in [0.2, 0.25) is 0 Å². The summed E-state index contributed by atoms with van der Waals surface area (Å²) in [7, 11) is 0. The van der Waals surface area contributed by atoms with Gasteiger partial charge in [-0.25, -0.2) is 0 Å². The molecule has 0 saturated carbocycles. The fraction of sp³-hybridized carbons (Fsp3) is 0.0714. The molecule has 0 aliphatic carbocycles. The first-order valence-electron chi connectivity index (χ1n) is 5.61. The molecule has 0 spiro atoms. The number of benzene rings is 2. The highest BCUT2D eigenvalue weighted by Crippen LogP contribution is 2.25. The van der Waals surface area contributed by atoms with E-state index in [1.807, 2.05) is 31.2 Å². The van der Waals surface area contributed by atoms with Crippen molar-refractivity contribution in [2.24, 2.45) is 4.99 Å². The highest BCUT2D eigenvalue weighted by Gasteiger charge is 2.11. The van der Waals surface area contributed by atoms with Crippen LogP contribution in [0.4, 0.5) is 11.4 Å².